The van der Waals surface area contributed by atoms with Gasteiger partial charge in [0.05, 0.1) is 0 Å². The van der Waals surface area contributed by atoms with Crippen molar-refractivity contribution in [2.75, 3.05) is 11.9 Å². The number of nitrogens with one attached hydrogen (secondary N) is 2. The second-order valence-electron chi connectivity index (χ2n) is 5.02. The molecule has 0 aromatic heterocycles. The normalized spacial score (nSPS) is 13.8. The molecule has 106 valence electrons. The summed E-state index contributed by atoms with van der Waals surface area (Å²) in [4.78, 5) is 22.8. The van der Waals surface area contributed by atoms with E-state index in [1.807, 2.05) is 0 Å². The number of carbonyl (C=O) groups is 2. The quantitative estimate of drug-likeness (QED) is 0.636. The Morgan fingerprint density at radius 3 is 2.55 bits per heavy atom. The van der Waals surface area contributed by atoms with Gasteiger partial charge in [-0.2, -0.15) is 0 Å². The highest BCUT2D eigenvalue weighted by molar-refractivity contribution is 5.95. The van der Waals surface area contributed by atoms with Crippen molar-refractivity contribution in [3.63, 3.8) is 0 Å². The van der Waals surface area contributed by atoms with Crippen LogP contribution in [-0.2, 0) is 0 Å². The van der Waals surface area contributed by atoms with E-state index in [0.29, 0.717) is 17.8 Å². The first kappa shape index (κ1) is 14.3. The van der Waals surface area contributed by atoms with Gasteiger partial charge >= 0.3 is 6.03 Å². The maximum atomic E-state index is 11.7. The second-order valence-corrected chi connectivity index (χ2v) is 5.02. The average molecular weight is 272 g/mol. The lowest BCUT2D eigenvalue weighted by atomic mass is 10.1. The number of allylic oxidation sites excluding steroid dienone is 1. The van der Waals surface area contributed by atoms with Crippen molar-refractivity contribution in [1.82, 2.24) is 5.32 Å². The molecule has 0 bridgehead atoms. The summed E-state index contributed by atoms with van der Waals surface area (Å²) in [6, 6.07) is 6.67. The highest BCUT2D eigenvalue weighted by Gasteiger charge is 2.06. The Balaban J connectivity index is 1.74. The summed E-state index contributed by atoms with van der Waals surface area (Å²) in [6.07, 6.45) is 6.76. The molecule has 1 aromatic rings. The summed E-state index contributed by atoms with van der Waals surface area (Å²) in [7, 11) is 0. The molecule has 2 N–H and O–H groups in total. The second kappa shape index (κ2) is 6.89. The van der Waals surface area contributed by atoms with E-state index in [-0.39, 0.29) is 11.8 Å². The van der Waals surface area contributed by atoms with Gasteiger partial charge in [-0.05, 0) is 56.9 Å². The first-order chi connectivity index (χ1) is 9.65. The molecule has 4 nitrogen and oxygen atoms in total. The zero-order chi connectivity index (χ0) is 14.4. The summed E-state index contributed by atoms with van der Waals surface area (Å²) >= 11 is 0. The molecule has 0 unspecified atom stereocenters. The van der Waals surface area contributed by atoms with E-state index in [9.17, 15) is 9.59 Å². The summed E-state index contributed by atoms with van der Waals surface area (Å²) in [5.41, 5.74) is 2.77. The van der Waals surface area contributed by atoms with Gasteiger partial charge in [-0.15, -0.1) is 0 Å². The van der Waals surface area contributed by atoms with Crippen LogP contribution in [0.5, 0.6) is 0 Å². The molecule has 1 aliphatic carbocycles. The molecule has 0 heterocycles. The number of ketones is 1. The molecule has 1 aromatic carbocycles. The number of hydrogen-bond donors (Lipinski definition) is 2. The fourth-order valence-corrected chi connectivity index (χ4v) is 2.26. The van der Waals surface area contributed by atoms with E-state index < -0.39 is 0 Å². The third-order valence-corrected chi connectivity index (χ3v) is 3.42. The Morgan fingerprint density at radius 2 is 1.95 bits per heavy atom. The monoisotopic (exact) mass is 272 g/mol. The Morgan fingerprint density at radius 1 is 1.20 bits per heavy atom. The minimum Gasteiger partial charge on any atom is -0.338 e. The van der Waals surface area contributed by atoms with Gasteiger partial charge in [-0.25, -0.2) is 4.79 Å². The SMILES string of the molecule is CC(=O)c1ccc(NC(=O)NCCC2=CCCC2)cc1. The predicted molar refractivity (Wildman–Crippen MR) is 80.0 cm³/mol. The molecule has 4 heteroatoms. The van der Waals surface area contributed by atoms with Crippen LogP contribution in [-0.4, -0.2) is 18.4 Å². The highest BCUT2D eigenvalue weighted by Crippen LogP contribution is 2.19. The molecule has 0 atom stereocenters. The van der Waals surface area contributed by atoms with E-state index in [1.165, 1.54) is 25.3 Å². The van der Waals surface area contributed by atoms with Crippen LogP contribution in [0.3, 0.4) is 0 Å². The third kappa shape index (κ3) is 4.23. The number of Topliss-reactive ketones (excluding diaryl/α,β-unsaturated/α-hetero) is 1. The van der Waals surface area contributed by atoms with Crippen LogP contribution in [0.25, 0.3) is 0 Å². The van der Waals surface area contributed by atoms with Gasteiger partial charge in [0, 0.05) is 17.8 Å². The molecule has 2 rings (SSSR count). The molecule has 0 aliphatic heterocycles. The lowest BCUT2D eigenvalue weighted by molar-refractivity contribution is 0.101. The molecule has 0 spiro atoms. The lowest BCUT2D eigenvalue weighted by Gasteiger charge is -2.08. The van der Waals surface area contributed by atoms with Crippen LogP contribution in [0.4, 0.5) is 10.5 Å². The summed E-state index contributed by atoms with van der Waals surface area (Å²) in [5, 5.41) is 5.59. The van der Waals surface area contributed by atoms with Crippen molar-refractivity contribution in [1.29, 1.82) is 0 Å². The van der Waals surface area contributed by atoms with Crippen LogP contribution >= 0.6 is 0 Å². The van der Waals surface area contributed by atoms with Crippen molar-refractivity contribution in [3.8, 4) is 0 Å². The molecule has 0 fully saturated rings. The fourth-order valence-electron chi connectivity index (χ4n) is 2.26. The van der Waals surface area contributed by atoms with E-state index in [4.69, 9.17) is 0 Å². The Kier molecular flexibility index (Phi) is 4.93. The smallest absolute Gasteiger partial charge is 0.319 e. The van der Waals surface area contributed by atoms with Crippen LogP contribution in [0.15, 0.2) is 35.9 Å². The molecular formula is C16H20N2O2. The molecule has 1 aliphatic rings. The fraction of sp³-hybridized carbons (Fsp3) is 0.375. The average Bonchev–Trinajstić information content (AvgIpc) is 2.92. The number of anilines is 1. The van der Waals surface area contributed by atoms with Crippen molar-refractivity contribution in [2.24, 2.45) is 0 Å². The molecule has 2 amide bonds. The maximum Gasteiger partial charge on any atom is 0.319 e. The molecule has 0 saturated carbocycles. The Labute approximate surface area is 119 Å². The zero-order valence-corrected chi connectivity index (χ0v) is 11.7. The number of rotatable bonds is 5. The first-order valence-corrected chi connectivity index (χ1v) is 6.99. The maximum absolute atomic E-state index is 11.7. The van der Waals surface area contributed by atoms with Gasteiger partial charge in [-0.3, -0.25) is 4.79 Å². The summed E-state index contributed by atoms with van der Waals surface area (Å²) in [5.74, 6) is 0.0193. The third-order valence-electron chi connectivity index (χ3n) is 3.42. The van der Waals surface area contributed by atoms with Crippen LogP contribution < -0.4 is 10.6 Å². The number of hydrogen-bond acceptors (Lipinski definition) is 2. The minimum atomic E-state index is -0.209. The van der Waals surface area contributed by atoms with Gasteiger partial charge < -0.3 is 10.6 Å². The first-order valence-electron chi connectivity index (χ1n) is 6.99. The Hall–Kier alpha value is -2.10. The van der Waals surface area contributed by atoms with Crippen LogP contribution in [0, 0.1) is 0 Å². The van der Waals surface area contributed by atoms with E-state index in [2.05, 4.69) is 16.7 Å². The van der Waals surface area contributed by atoms with Crippen molar-refractivity contribution in [2.45, 2.75) is 32.6 Å². The van der Waals surface area contributed by atoms with E-state index >= 15 is 0 Å². The number of carbonyl (C=O) groups excluding carboxylic acids is 2. The van der Waals surface area contributed by atoms with Crippen LogP contribution in [0.1, 0.15) is 43.0 Å². The molecule has 0 saturated heterocycles. The van der Waals surface area contributed by atoms with Gasteiger partial charge in [-0.1, -0.05) is 11.6 Å². The molecule has 0 radical (unpaired) electrons. The van der Waals surface area contributed by atoms with Crippen LogP contribution in [0.2, 0.25) is 0 Å². The Bertz CT molecular complexity index is 518. The van der Waals surface area contributed by atoms with Gasteiger partial charge in [0.25, 0.3) is 0 Å². The predicted octanol–water partition coefficient (Wildman–Crippen LogP) is 3.51. The minimum absolute atomic E-state index is 0.0193. The topological polar surface area (TPSA) is 58.2 Å². The number of benzene rings is 1. The standard InChI is InChI=1S/C16H20N2O2/c1-12(19)14-6-8-15(9-7-14)18-16(20)17-11-10-13-4-2-3-5-13/h4,6-9H,2-3,5,10-11H2,1H3,(H2,17,18,20). The van der Waals surface area contributed by atoms with E-state index in [0.717, 1.165) is 12.8 Å². The van der Waals surface area contributed by atoms with Crippen molar-refractivity contribution >= 4 is 17.5 Å². The highest BCUT2D eigenvalue weighted by atomic mass is 16.2. The molecule has 20 heavy (non-hydrogen) atoms. The summed E-state index contributed by atoms with van der Waals surface area (Å²) in [6.45, 7) is 2.18. The largest absolute Gasteiger partial charge is 0.338 e. The number of urea groups is 1. The zero-order valence-electron chi connectivity index (χ0n) is 11.7. The van der Waals surface area contributed by atoms with Gasteiger partial charge in [0.1, 0.15) is 0 Å². The van der Waals surface area contributed by atoms with E-state index in [1.54, 1.807) is 24.3 Å². The van der Waals surface area contributed by atoms with Gasteiger partial charge in [0.15, 0.2) is 5.78 Å². The summed E-state index contributed by atoms with van der Waals surface area (Å²) < 4.78 is 0. The lowest BCUT2D eigenvalue weighted by Crippen LogP contribution is -2.29. The van der Waals surface area contributed by atoms with Crippen molar-refractivity contribution < 1.29 is 9.59 Å². The number of amides is 2. The van der Waals surface area contributed by atoms with Gasteiger partial charge in [0.2, 0.25) is 0 Å². The molecular weight excluding hydrogens is 252 g/mol. The van der Waals surface area contributed by atoms with Crippen molar-refractivity contribution in [3.05, 3.63) is 41.5 Å².